The average Bonchev–Trinajstić information content (AvgIpc) is 2.86. The molecule has 202 valence electrons. The summed E-state index contributed by atoms with van der Waals surface area (Å²) in [6.07, 6.45) is 13.2. The smallest absolute Gasteiger partial charge is 0.403 e. The van der Waals surface area contributed by atoms with Crippen LogP contribution in [-0.4, -0.2) is 6.36 Å². The molecular weight excluding hydrogens is 483 g/mol. The number of aryl methyl sites for hydroxylation is 1. The Kier molecular flexibility index (Phi) is 9.31. The van der Waals surface area contributed by atoms with Crippen LogP contribution in [0.2, 0.25) is 0 Å². The molecule has 0 aliphatic heterocycles. The molecule has 2 aliphatic carbocycles. The molecule has 2 aliphatic rings. The van der Waals surface area contributed by atoms with Crippen molar-refractivity contribution in [2.24, 2.45) is 11.8 Å². The first-order valence-corrected chi connectivity index (χ1v) is 13.8. The van der Waals surface area contributed by atoms with Crippen LogP contribution in [-0.2, 0) is 6.42 Å². The molecule has 0 saturated heterocycles. The van der Waals surface area contributed by atoms with Crippen LogP contribution in [0, 0.1) is 23.5 Å². The summed E-state index contributed by atoms with van der Waals surface area (Å²) in [5, 5.41) is 0. The zero-order valence-corrected chi connectivity index (χ0v) is 21.6. The second kappa shape index (κ2) is 12.4. The molecule has 4 rings (SSSR count). The number of hydrogen-bond donors (Lipinski definition) is 0. The highest BCUT2D eigenvalue weighted by atomic mass is 19.4. The summed E-state index contributed by atoms with van der Waals surface area (Å²) in [5.41, 5.74) is 3.53. The Morgan fingerprint density at radius 2 is 1.57 bits per heavy atom. The SMILES string of the molecule is CCCCCCC1CCC(CCC2=Cc3cc(F)c(-c4ccc(OC(F)(F)F)c(F)c4)cc3CC2)CC1. The van der Waals surface area contributed by atoms with E-state index in [1.807, 2.05) is 0 Å². The van der Waals surface area contributed by atoms with Gasteiger partial charge >= 0.3 is 6.36 Å². The van der Waals surface area contributed by atoms with Crippen LogP contribution < -0.4 is 4.74 Å². The van der Waals surface area contributed by atoms with E-state index in [1.165, 1.54) is 81.9 Å². The van der Waals surface area contributed by atoms with Crippen molar-refractivity contribution in [2.75, 3.05) is 0 Å². The van der Waals surface area contributed by atoms with Crippen LogP contribution in [0.5, 0.6) is 5.75 Å². The Balaban J connectivity index is 1.34. The highest BCUT2D eigenvalue weighted by Gasteiger charge is 2.32. The van der Waals surface area contributed by atoms with Crippen molar-refractivity contribution in [3.05, 3.63) is 58.7 Å². The van der Waals surface area contributed by atoms with Crippen LogP contribution in [0.4, 0.5) is 22.0 Å². The third kappa shape index (κ3) is 7.81. The molecule has 1 saturated carbocycles. The summed E-state index contributed by atoms with van der Waals surface area (Å²) >= 11 is 0. The Labute approximate surface area is 217 Å². The number of ether oxygens (including phenoxy) is 1. The van der Waals surface area contributed by atoms with E-state index in [2.05, 4.69) is 17.7 Å². The van der Waals surface area contributed by atoms with Crippen LogP contribution in [0.15, 0.2) is 35.9 Å². The maximum Gasteiger partial charge on any atom is 0.573 e. The van der Waals surface area contributed by atoms with Gasteiger partial charge in [-0.15, -0.1) is 13.2 Å². The molecule has 1 fully saturated rings. The van der Waals surface area contributed by atoms with Gasteiger partial charge in [-0.3, -0.25) is 0 Å². The number of allylic oxidation sites excluding steroid dienone is 1. The lowest BCUT2D eigenvalue weighted by Gasteiger charge is -2.29. The Morgan fingerprint density at radius 3 is 2.24 bits per heavy atom. The molecular formula is C31H37F5O. The minimum Gasteiger partial charge on any atom is -0.403 e. The third-order valence-corrected chi connectivity index (χ3v) is 8.08. The first-order chi connectivity index (χ1) is 17.7. The van der Waals surface area contributed by atoms with Crippen molar-refractivity contribution in [3.63, 3.8) is 0 Å². The molecule has 0 unspecified atom stereocenters. The van der Waals surface area contributed by atoms with E-state index in [0.717, 1.165) is 54.4 Å². The summed E-state index contributed by atoms with van der Waals surface area (Å²) in [6, 6.07) is 6.17. The predicted octanol–water partition coefficient (Wildman–Crippen LogP) is 10.4. The Bertz CT molecular complexity index is 1080. The highest BCUT2D eigenvalue weighted by molar-refractivity contribution is 5.71. The Morgan fingerprint density at radius 1 is 0.838 bits per heavy atom. The second-order valence-electron chi connectivity index (χ2n) is 10.8. The van der Waals surface area contributed by atoms with Crippen LogP contribution >= 0.6 is 0 Å². The zero-order valence-electron chi connectivity index (χ0n) is 21.6. The van der Waals surface area contributed by atoms with E-state index in [-0.39, 0.29) is 11.1 Å². The molecule has 0 amide bonds. The topological polar surface area (TPSA) is 9.23 Å². The number of alkyl halides is 3. The molecule has 2 aromatic rings. The fourth-order valence-electron chi connectivity index (χ4n) is 5.92. The fourth-order valence-corrected chi connectivity index (χ4v) is 5.92. The summed E-state index contributed by atoms with van der Waals surface area (Å²) in [4.78, 5) is 0. The quantitative estimate of drug-likeness (QED) is 0.224. The monoisotopic (exact) mass is 520 g/mol. The van der Waals surface area contributed by atoms with E-state index in [0.29, 0.717) is 0 Å². The summed E-state index contributed by atoms with van der Waals surface area (Å²) in [5.74, 6) is -0.930. The first kappa shape index (κ1) is 27.7. The predicted molar refractivity (Wildman–Crippen MR) is 138 cm³/mol. The molecule has 6 heteroatoms. The largest absolute Gasteiger partial charge is 0.573 e. The van der Waals surface area contributed by atoms with Gasteiger partial charge in [0.2, 0.25) is 0 Å². The zero-order chi connectivity index (χ0) is 26.4. The highest BCUT2D eigenvalue weighted by Crippen LogP contribution is 2.38. The maximum atomic E-state index is 15.0. The maximum absolute atomic E-state index is 15.0. The van der Waals surface area contributed by atoms with Gasteiger partial charge in [-0.05, 0) is 78.5 Å². The van der Waals surface area contributed by atoms with Crippen LogP contribution in [0.3, 0.4) is 0 Å². The van der Waals surface area contributed by atoms with Gasteiger partial charge in [0, 0.05) is 5.56 Å². The van der Waals surface area contributed by atoms with Gasteiger partial charge < -0.3 is 4.74 Å². The lowest BCUT2D eigenvalue weighted by atomic mass is 9.77. The van der Waals surface area contributed by atoms with E-state index < -0.39 is 23.7 Å². The molecule has 1 nitrogen and oxygen atoms in total. The normalized spacial score (nSPS) is 19.9. The van der Waals surface area contributed by atoms with E-state index in [1.54, 1.807) is 6.07 Å². The lowest BCUT2D eigenvalue weighted by molar-refractivity contribution is -0.275. The van der Waals surface area contributed by atoms with Gasteiger partial charge in [0.15, 0.2) is 11.6 Å². The van der Waals surface area contributed by atoms with Gasteiger partial charge in [-0.2, -0.15) is 0 Å². The van der Waals surface area contributed by atoms with Crippen molar-refractivity contribution in [1.82, 2.24) is 0 Å². The molecule has 0 N–H and O–H groups in total. The fraction of sp³-hybridized carbons (Fsp3) is 0.548. The summed E-state index contributed by atoms with van der Waals surface area (Å²) < 4.78 is 70.1. The number of halogens is 5. The molecule has 0 heterocycles. The van der Waals surface area contributed by atoms with Crippen molar-refractivity contribution >= 4 is 6.08 Å². The molecule has 0 radical (unpaired) electrons. The second-order valence-corrected chi connectivity index (χ2v) is 10.8. The van der Waals surface area contributed by atoms with Crippen molar-refractivity contribution in [3.8, 4) is 16.9 Å². The standard InChI is InChI=1S/C31H37F5O/c1-2-3-4-5-6-21-7-9-22(10-8-21)11-12-23-13-14-24-18-27(28(32)20-26(24)17-23)25-15-16-30(29(33)19-25)37-31(34,35)36/h15-22H,2-14H2,1H3. The summed E-state index contributed by atoms with van der Waals surface area (Å²) in [7, 11) is 0. The number of unbranched alkanes of at least 4 members (excludes halogenated alkanes) is 3. The molecule has 0 spiro atoms. The minimum absolute atomic E-state index is 0.180. The first-order valence-electron chi connectivity index (χ1n) is 13.8. The van der Waals surface area contributed by atoms with Crippen LogP contribution in [0.25, 0.3) is 17.2 Å². The van der Waals surface area contributed by atoms with Gasteiger partial charge in [0.05, 0.1) is 0 Å². The Hall–Kier alpha value is -2.37. The van der Waals surface area contributed by atoms with Crippen molar-refractivity contribution in [1.29, 1.82) is 0 Å². The lowest BCUT2D eigenvalue weighted by Crippen LogP contribution is -2.17. The number of hydrogen-bond acceptors (Lipinski definition) is 1. The molecule has 0 aromatic heterocycles. The van der Waals surface area contributed by atoms with E-state index >= 15 is 0 Å². The molecule has 2 aromatic carbocycles. The van der Waals surface area contributed by atoms with Gasteiger partial charge in [0.1, 0.15) is 5.82 Å². The number of benzene rings is 2. The van der Waals surface area contributed by atoms with Gasteiger partial charge in [0.25, 0.3) is 0 Å². The third-order valence-electron chi connectivity index (χ3n) is 8.08. The summed E-state index contributed by atoms with van der Waals surface area (Å²) in [6.45, 7) is 2.25. The van der Waals surface area contributed by atoms with Crippen LogP contribution in [0.1, 0.15) is 95.1 Å². The van der Waals surface area contributed by atoms with Gasteiger partial charge in [-0.1, -0.05) is 82.4 Å². The van der Waals surface area contributed by atoms with Crippen molar-refractivity contribution in [2.45, 2.75) is 96.8 Å². The van der Waals surface area contributed by atoms with Gasteiger partial charge in [-0.25, -0.2) is 8.78 Å². The van der Waals surface area contributed by atoms with E-state index in [4.69, 9.17) is 0 Å². The number of fused-ring (bicyclic) bond motifs is 1. The van der Waals surface area contributed by atoms with Crippen molar-refractivity contribution < 1.29 is 26.7 Å². The molecule has 37 heavy (non-hydrogen) atoms. The minimum atomic E-state index is -4.99. The van der Waals surface area contributed by atoms with E-state index in [9.17, 15) is 22.0 Å². The molecule has 0 atom stereocenters. The number of rotatable bonds is 10. The molecule has 0 bridgehead atoms. The average molecular weight is 521 g/mol.